The molecule has 2 nitrogen and oxygen atoms in total. The summed E-state index contributed by atoms with van der Waals surface area (Å²) in [6.07, 6.45) is 8.58. The van der Waals surface area contributed by atoms with Crippen LogP contribution in [0.3, 0.4) is 0 Å². The van der Waals surface area contributed by atoms with Crippen molar-refractivity contribution in [2.24, 2.45) is 0 Å². The van der Waals surface area contributed by atoms with E-state index in [2.05, 4.69) is 5.23 Å². The zero-order valence-electron chi connectivity index (χ0n) is 8.30. The summed E-state index contributed by atoms with van der Waals surface area (Å²) in [5.74, 6) is 1.77. The average molecular weight is 180 g/mol. The zero-order chi connectivity index (χ0) is 8.73. The van der Waals surface area contributed by atoms with E-state index in [-0.39, 0.29) is 0 Å². The molecule has 0 aliphatic carbocycles. The van der Waals surface area contributed by atoms with Crippen LogP contribution >= 0.6 is 0 Å². The highest BCUT2D eigenvalue weighted by Gasteiger charge is 2.46. The number of hydrogen-bond donors (Lipinski definition) is 1. The Balaban J connectivity index is 1.90. The first-order chi connectivity index (χ1) is 6.42. The summed E-state index contributed by atoms with van der Waals surface area (Å²) in [4.78, 5) is 0. The Morgan fingerprint density at radius 3 is 2.08 bits per heavy atom. The maximum absolute atomic E-state index is 6.10. The van der Waals surface area contributed by atoms with Crippen molar-refractivity contribution in [1.82, 2.24) is 5.23 Å². The zero-order valence-corrected chi connectivity index (χ0v) is 8.30. The van der Waals surface area contributed by atoms with E-state index in [1.54, 1.807) is 0 Å². The molecule has 0 aromatic rings. The second-order valence-corrected chi connectivity index (χ2v) is 5.12. The van der Waals surface area contributed by atoms with Gasteiger partial charge in [0.1, 0.15) is 0 Å². The summed E-state index contributed by atoms with van der Waals surface area (Å²) >= 11 is 0. The molecule has 0 saturated carbocycles. The molecule has 3 rings (SSSR count). The van der Waals surface area contributed by atoms with E-state index in [0.29, 0.717) is 0 Å². The van der Waals surface area contributed by atoms with E-state index >= 15 is 0 Å². The van der Waals surface area contributed by atoms with Crippen LogP contribution in [0.5, 0.6) is 0 Å². The minimum Gasteiger partial charge on any atom is -0.576 e. The van der Waals surface area contributed by atoms with Crippen molar-refractivity contribution in [3.05, 3.63) is 0 Å². The molecule has 3 fully saturated rings. The molecule has 3 heteroatoms. The van der Waals surface area contributed by atoms with Crippen molar-refractivity contribution in [2.75, 3.05) is 13.2 Å². The molecule has 1 spiro atoms. The van der Waals surface area contributed by atoms with E-state index in [9.17, 15) is 0 Å². The van der Waals surface area contributed by atoms with Gasteiger partial charge in [-0.3, -0.25) is 0 Å². The summed E-state index contributed by atoms with van der Waals surface area (Å²) in [6, 6.07) is 0. The maximum Gasteiger partial charge on any atom is 0.187 e. The van der Waals surface area contributed by atoms with Crippen molar-refractivity contribution in [2.45, 2.75) is 50.2 Å². The Kier molecular flexibility index (Phi) is 1.91. The second-order valence-electron chi connectivity index (χ2n) is 5.12. The molecule has 3 heterocycles. The van der Waals surface area contributed by atoms with Gasteiger partial charge in [0.25, 0.3) is 0 Å². The van der Waals surface area contributed by atoms with Crippen LogP contribution in [0.15, 0.2) is 0 Å². The lowest BCUT2D eigenvalue weighted by molar-refractivity contribution is 0.282. The highest BCUT2D eigenvalue weighted by atomic mass is 16.5. The molecule has 0 aromatic heterocycles. The van der Waals surface area contributed by atoms with Crippen LogP contribution in [0.1, 0.15) is 38.5 Å². The highest BCUT2D eigenvalue weighted by molar-refractivity contribution is 6.75. The quantitative estimate of drug-likeness (QED) is 0.576. The number of hydrogen-bond acceptors (Lipinski definition) is 2. The molecule has 13 heavy (non-hydrogen) atoms. The Morgan fingerprint density at radius 1 is 1.00 bits per heavy atom. The number of nitrogens with one attached hydrogen (secondary N) is 1. The highest BCUT2D eigenvalue weighted by Crippen LogP contribution is 2.52. The number of rotatable bonds is 0. The van der Waals surface area contributed by atoms with Gasteiger partial charge in [-0.1, -0.05) is 38.5 Å². The third-order valence-electron chi connectivity index (χ3n) is 4.66. The van der Waals surface area contributed by atoms with E-state index in [1.165, 1.54) is 38.5 Å². The van der Waals surface area contributed by atoms with Crippen LogP contribution in [0.25, 0.3) is 0 Å². The Labute approximate surface area is 80.4 Å². The normalized spacial score (nSPS) is 49.8. The van der Waals surface area contributed by atoms with Crippen molar-refractivity contribution in [3.8, 4) is 0 Å². The maximum atomic E-state index is 6.10. The molecule has 3 aliphatic rings. The Morgan fingerprint density at radius 2 is 1.62 bits per heavy atom. The SMILES string of the molecule is C1CC2CCCC(C1)[B-]21NCCO1. The molecule has 2 bridgehead atoms. The van der Waals surface area contributed by atoms with Crippen LogP contribution in [0.4, 0.5) is 0 Å². The largest absolute Gasteiger partial charge is 0.576 e. The summed E-state index contributed by atoms with van der Waals surface area (Å²) in [7, 11) is 0. The Hall–Kier alpha value is -0.0151. The minimum atomic E-state index is -0.562. The third kappa shape index (κ3) is 1.10. The van der Waals surface area contributed by atoms with Gasteiger partial charge in [-0.2, -0.15) is 0 Å². The van der Waals surface area contributed by atoms with Crippen molar-refractivity contribution in [3.63, 3.8) is 0 Å². The second kappa shape index (κ2) is 2.99. The van der Waals surface area contributed by atoms with Gasteiger partial charge in [-0.15, -0.1) is 11.6 Å². The fraction of sp³-hybridized carbons (Fsp3) is 1.00. The summed E-state index contributed by atoms with van der Waals surface area (Å²) in [5.41, 5.74) is 0. The van der Waals surface area contributed by atoms with Gasteiger partial charge in [0, 0.05) is 6.61 Å². The lowest BCUT2D eigenvalue weighted by Crippen LogP contribution is -2.58. The van der Waals surface area contributed by atoms with Gasteiger partial charge in [-0.05, 0) is 6.54 Å². The first kappa shape index (κ1) is 8.31. The van der Waals surface area contributed by atoms with Crippen LogP contribution in [-0.2, 0) is 4.65 Å². The molecule has 3 saturated heterocycles. The smallest absolute Gasteiger partial charge is 0.187 e. The minimum absolute atomic E-state index is 0.562. The Bertz CT molecular complexity index is 179. The molecule has 0 unspecified atom stereocenters. The monoisotopic (exact) mass is 180 g/mol. The predicted molar refractivity (Wildman–Crippen MR) is 54.9 cm³/mol. The molecule has 0 amide bonds. The third-order valence-corrected chi connectivity index (χ3v) is 4.66. The standard InChI is InChI=1S/C10H19BNO/c1-3-9-5-2-6-10(4-1)11(9)12-7-8-13-11/h9-10,12H,1-8H2/q-1. The summed E-state index contributed by atoms with van der Waals surface area (Å²) in [6.45, 7) is 1.51. The summed E-state index contributed by atoms with van der Waals surface area (Å²) in [5, 5.41) is 3.71. The van der Waals surface area contributed by atoms with E-state index in [4.69, 9.17) is 4.65 Å². The van der Waals surface area contributed by atoms with Gasteiger partial charge in [0.05, 0.1) is 0 Å². The molecule has 0 radical (unpaired) electrons. The van der Waals surface area contributed by atoms with Crippen molar-refractivity contribution >= 4 is 6.48 Å². The van der Waals surface area contributed by atoms with Crippen LogP contribution < -0.4 is 5.23 Å². The van der Waals surface area contributed by atoms with E-state index in [0.717, 1.165) is 24.8 Å². The van der Waals surface area contributed by atoms with Gasteiger partial charge < -0.3 is 9.88 Å². The topological polar surface area (TPSA) is 21.3 Å². The van der Waals surface area contributed by atoms with Crippen LogP contribution in [0.2, 0.25) is 11.6 Å². The fourth-order valence-electron chi connectivity index (χ4n) is 4.15. The first-order valence-electron chi connectivity index (χ1n) is 5.97. The molecule has 0 aromatic carbocycles. The van der Waals surface area contributed by atoms with Crippen LogP contribution in [-0.4, -0.2) is 19.6 Å². The van der Waals surface area contributed by atoms with Crippen LogP contribution in [0, 0.1) is 0 Å². The molecule has 74 valence electrons. The van der Waals surface area contributed by atoms with Gasteiger partial charge in [0.15, 0.2) is 6.48 Å². The lowest BCUT2D eigenvalue weighted by Gasteiger charge is -2.56. The average Bonchev–Trinajstić information content (AvgIpc) is 2.53. The van der Waals surface area contributed by atoms with Gasteiger partial charge >= 0.3 is 0 Å². The van der Waals surface area contributed by atoms with Gasteiger partial charge in [0.2, 0.25) is 0 Å². The lowest BCUT2D eigenvalue weighted by atomic mass is 9.28. The van der Waals surface area contributed by atoms with Crippen molar-refractivity contribution < 1.29 is 4.65 Å². The molecule has 0 atom stereocenters. The molecular weight excluding hydrogens is 161 g/mol. The first-order valence-corrected chi connectivity index (χ1v) is 5.97. The van der Waals surface area contributed by atoms with Crippen molar-refractivity contribution in [1.29, 1.82) is 0 Å². The van der Waals surface area contributed by atoms with E-state index in [1.807, 2.05) is 0 Å². The molecule has 3 aliphatic heterocycles. The predicted octanol–water partition coefficient (Wildman–Crippen LogP) is 2.16. The molecule has 1 N–H and O–H groups in total. The van der Waals surface area contributed by atoms with E-state index < -0.39 is 6.48 Å². The van der Waals surface area contributed by atoms with Gasteiger partial charge in [-0.25, -0.2) is 0 Å². The molecular formula is C10H19BNO-. The fourth-order valence-corrected chi connectivity index (χ4v) is 4.15. The summed E-state index contributed by atoms with van der Waals surface area (Å²) < 4.78 is 6.10.